The van der Waals surface area contributed by atoms with Crippen molar-refractivity contribution in [3.63, 3.8) is 0 Å². The second-order valence-corrected chi connectivity index (χ2v) is 7.97. The fourth-order valence-electron chi connectivity index (χ4n) is 3.08. The molecule has 27 heavy (non-hydrogen) atoms. The first-order valence-electron chi connectivity index (χ1n) is 9.70. The molecule has 1 N–H and O–H groups in total. The summed E-state index contributed by atoms with van der Waals surface area (Å²) in [4.78, 5) is 26.4. The highest BCUT2D eigenvalue weighted by Gasteiger charge is 2.30. The van der Waals surface area contributed by atoms with Gasteiger partial charge in [0.2, 0.25) is 5.91 Å². The van der Waals surface area contributed by atoms with Crippen LogP contribution in [0.5, 0.6) is 5.75 Å². The molecule has 1 unspecified atom stereocenters. The number of hydrogen-bond donors (Lipinski definition) is 1. The van der Waals surface area contributed by atoms with Crippen LogP contribution in [0.25, 0.3) is 0 Å². The highest BCUT2D eigenvalue weighted by molar-refractivity contribution is 5.79. The molecule has 0 spiro atoms. The summed E-state index contributed by atoms with van der Waals surface area (Å²) < 4.78 is 10.8. The molecular weight excluding hydrogens is 344 g/mol. The number of piperidine rings is 1. The summed E-state index contributed by atoms with van der Waals surface area (Å²) in [7, 11) is 0. The van der Waals surface area contributed by atoms with Gasteiger partial charge in [0, 0.05) is 19.0 Å². The Kier molecular flexibility index (Phi) is 7.11. The van der Waals surface area contributed by atoms with E-state index in [1.807, 2.05) is 58.9 Å². The largest absolute Gasteiger partial charge is 0.494 e. The summed E-state index contributed by atoms with van der Waals surface area (Å²) in [5.74, 6) is 0.795. The topological polar surface area (TPSA) is 67.9 Å². The zero-order chi connectivity index (χ0) is 20.0. The molecule has 1 atom stereocenters. The number of rotatable bonds is 5. The number of hydrogen-bond acceptors (Lipinski definition) is 4. The van der Waals surface area contributed by atoms with Crippen molar-refractivity contribution in [3.05, 3.63) is 29.8 Å². The van der Waals surface area contributed by atoms with Crippen molar-refractivity contribution in [2.75, 3.05) is 19.7 Å². The van der Waals surface area contributed by atoms with Gasteiger partial charge in [-0.25, -0.2) is 4.79 Å². The lowest BCUT2D eigenvalue weighted by Crippen LogP contribution is -2.45. The van der Waals surface area contributed by atoms with Crippen molar-refractivity contribution in [3.8, 4) is 5.75 Å². The Morgan fingerprint density at radius 2 is 1.78 bits per heavy atom. The highest BCUT2D eigenvalue weighted by Crippen LogP contribution is 2.22. The first kappa shape index (κ1) is 21.1. The molecule has 1 fully saturated rings. The minimum Gasteiger partial charge on any atom is -0.494 e. The van der Waals surface area contributed by atoms with Crippen molar-refractivity contribution in [1.29, 1.82) is 0 Å². The summed E-state index contributed by atoms with van der Waals surface area (Å²) >= 11 is 0. The number of carbonyl (C=O) groups excluding carboxylic acids is 2. The smallest absolute Gasteiger partial charge is 0.410 e. The lowest BCUT2D eigenvalue weighted by atomic mass is 9.95. The molecule has 2 amide bonds. The summed E-state index contributed by atoms with van der Waals surface area (Å²) in [6.45, 7) is 11.2. The van der Waals surface area contributed by atoms with Crippen LogP contribution in [0.3, 0.4) is 0 Å². The van der Waals surface area contributed by atoms with Gasteiger partial charge in [0.1, 0.15) is 11.4 Å². The van der Waals surface area contributed by atoms with Gasteiger partial charge in [-0.05, 0) is 65.2 Å². The second kappa shape index (κ2) is 9.11. The molecule has 0 bridgehead atoms. The average Bonchev–Trinajstić information content (AvgIpc) is 2.61. The van der Waals surface area contributed by atoms with E-state index in [-0.39, 0.29) is 24.0 Å². The molecule has 0 aromatic heterocycles. The zero-order valence-electron chi connectivity index (χ0n) is 17.1. The van der Waals surface area contributed by atoms with E-state index in [9.17, 15) is 9.59 Å². The lowest BCUT2D eigenvalue weighted by molar-refractivity contribution is -0.127. The van der Waals surface area contributed by atoms with E-state index in [0.29, 0.717) is 32.5 Å². The fourth-order valence-corrected chi connectivity index (χ4v) is 3.08. The molecule has 0 saturated carbocycles. The van der Waals surface area contributed by atoms with Gasteiger partial charge >= 0.3 is 6.09 Å². The molecule has 6 nitrogen and oxygen atoms in total. The van der Waals surface area contributed by atoms with Crippen molar-refractivity contribution >= 4 is 12.0 Å². The van der Waals surface area contributed by atoms with Crippen LogP contribution in [0.4, 0.5) is 4.79 Å². The molecule has 6 heteroatoms. The summed E-state index contributed by atoms with van der Waals surface area (Å²) in [5, 5.41) is 3.09. The molecule has 1 aromatic carbocycles. The normalized spacial score (nSPS) is 16.6. The maximum atomic E-state index is 12.6. The van der Waals surface area contributed by atoms with E-state index < -0.39 is 5.60 Å². The first-order chi connectivity index (χ1) is 12.7. The van der Waals surface area contributed by atoms with Crippen molar-refractivity contribution < 1.29 is 19.1 Å². The van der Waals surface area contributed by atoms with Crippen LogP contribution in [0.15, 0.2) is 24.3 Å². The van der Waals surface area contributed by atoms with Gasteiger partial charge in [-0.3, -0.25) is 4.79 Å². The average molecular weight is 376 g/mol. The Balaban J connectivity index is 1.82. The van der Waals surface area contributed by atoms with Gasteiger partial charge in [-0.15, -0.1) is 0 Å². The number of nitrogens with one attached hydrogen (secondary N) is 1. The maximum Gasteiger partial charge on any atom is 0.410 e. The number of carbonyl (C=O) groups is 2. The Bertz CT molecular complexity index is 629. The molecule has 1 aliphatic rings. The number of nitrogens with zero attached hydrogens (tertiary/aromatic N) is 1. The van der Waals surface area contributed by atoms with Crippen molar-refractivity contribution in [2.24, 2.45) is 5.92 Å². The fraction of sp³-hybridized carbons (Fsp3) is 0.619. The third-order valence-electron chi connectivity index (χ3n) is 4.57. The van der Waals surface area contributed by atoms with E-state index in [2.05, 4.69) is 5.32 Å². The quantitative estimate of drug-likeness (QED) is 0.846. The van der Waals surface area contributed by atoms with Crippen LogP contribution in [-0.2, 0) is 9.53 Å². The monoisotopic (exact) mass is 376 g/mol. The lowest BCUT2D eigenvalue weighted by Gasteiger charge is -2.33. The summed E-state index contributed by atoms with van der Waals surface area (Å²) in [5.41, 5.74) is 0.538. The molecule has 150 valence electrons. The van der Waals surface area contributed by atoms with Gasteiger partial charge in [0.05, 0.1) is 12.6 Å². The minimum absolute atomic E-state index is 0.0419. The number of benzene rings is 1. The SMILES string of the molecule is CCOc1ccc(C(C)NC(=O)C2CCN(C(=O)OC(C)(C)C)CC2)cc1. The first-order valence-corrected chi connectivity index (χ1v) is 9.70. The van der Waals surface area contributed by atoms with E-state index in [1.165, 1.54) is 0 Å². The molecule has 1 aliphatic heterocycles. The standard InChI is InChI=1S/C21H32N2O4/c1-6-26-18-9-7-16(8-10-18)15(2)22-19(24)17-11-13-23(14-12-17)20(25)27-21(3,4)5/h7-10,15,17H,6,11-14H2,1-5H3,(H,22,24). The van der Waals surface area contributed by atoms with Crippen LogP contribution in [0, 0.1) is 5.92 Å². The third kappa shape index (κ3) is 6.45. The van der Waals surface area contributed by atoms with E-state index in [4.69, 9.17) is 9.47 Å². The second-order valence-electron chi connectivity index (χ2n) is 7.97. The van der Waals surface area contributed by atoms with Crippen LogP contribution < -0.4 is 10.1 Å². The van der Waals surface area contributed by atoms with Crippen molar-refractivity contribution in [1.82, 2.24) is 10.2 Å². The van der Waals surface area contributed by atoms with Gasteiger partial charge in [0.25, 0.3) is 0 Å². The van der Waals surface area contributed by atoms with Gasteiger partial charge in [0.15, 0.2) is 0 Å². The van der Waals surface area contributed by atoms with Crippen molar-refractivity contribution in [2.45, 2.75) is 59.1 Å². The summed E-state index contributed by atoms with van der Waals surface area (Å²) in [6, 6.07) is 7.71. The number of amides is 2. The molecule has 0 aliphatic carbocycles. The van der Waals surface area contributed by atoms with Crippen LogP contribution >= 0.6 is 0 Å². The number of ether oxygens (including phenoxy) is 2. The van der Waals surface area contributed by atoms with E-state index in [0.717, 1.165) is 11.3 Å². The molecule has 1 aromatic rings. The molecule has 0 radical (unpaired) electrons. The van der Waals surface area contributed by atoms with Crippen LogP contribution in [-0.4, -0.2) is 42.2 Å². The molecule has 2 rings (SSSR count). The molecule has 1 saturated heterocycles. The molecular formula is C21H32N2O4. The summed E-state index contributed by atoms with van der Waals surface area (Å²) in [6.07, 6.45) is 1.01. The Morgan fingerprint density at radius 1 is 1.19 bits per heavy atom. The predicted molar refractivity (Wildman–Crippen MR) is 105 cm³/mol. The Morgan fingerprint density at radius 3 is 2.30 bits per heavy atom. The van der Waals surface area contributed by atoms with Gasteiger partial charge < -0.3 is 19.7 Å². The van der Waals surface area contributed by atoms with E-state index in [1.54, 1.807) is 4.90 Å². The van der Waals surface area contributed by atoms with Crippen LogP contribution in [0.1, 0.15) is 59.1 Å². The highest BCUT2D eigenvalue weighted by atomic mass is 16.6. The molecule has 1 heterocycles. The Hall–Kier alpha value is -2.24. The third-order valence-corrected chi connectivity index (χ3v) is 4.57. The van der Waals surface area contributed by atoms with Crippen LogP contribution in [0.2, 0.25) is 0 Å². The van der Waals surface area contributed by atoms with E-state index >= 15 is 0 Å². The predicted octanol–water partition coefficient (Wildman–Crippen LogP) is 3.91. The minimum atomic E-state index is -0.502. The van der Waals surface area contributed by atoms with Gasteiger partial charge in [-0.1, -0.05) is 12.1 Å². The Labute approximate surface area is 162 Å². The van der Waals surface area contributed by atoms with Gasteiger partial charge in [-0.2, -0.15) is 0 Å². The number of likely N-dealkylation sites (tertiary alicyclic amines) is 1. The zero-order valence-corrected chi connectivity index (χ0v) is 17.1. The maximum absolute atomic E-state index is 12.6.